The molecular formula is C10H17N3. The molecule has 0 aliphatic heterocycles. The molecule has 0 saturated carbocycles. The molecule has 0 atom stereocenters. The van der Waals surface area contributed by atoms with Crippen molar-refractivity contribution in [3.63, 3.8) is 0 Å². The van der Waals surface area contributed by atoms with Crippen molar-refractivity contribution in [2.45, 2.75) is 13.8 Å². The van der Waals surface area contributed by atoms with Crippen LogP contribution in [0.2, 0.25) is 0 Å². The van der Waals surface area contributed by atoms with E-state index < -0.39 is 0 Å². The number of pyridine rings is 1. The Morgan fingerprint density at radius 3 is 2.77 bits per heavy atom. The van der Waals surface area contributed by atoms with E-state index in [4.69, 9.17) is 5.73 Å². The van der Waals surface area contributed by atoms with Crippen LogP contribution in [0, 0.1) is 13.8 Å². The Morgan fingerprint density at radius 1 is 1.46 bits per heavy atom. The Balaban J connectivity index is 2.93. The zero-order valence-corrected chi connectivity index (χ0v) is 8.54. The van der Waals surface area contributed by atoms with Crippen LogP contribution in [-0.4, -0.2) is 25.1 Å². The Bertz CT molecular complexity index is 283. The quantitative estimate of drug-likeness (QED) is 0.755. The Kier molecular flexibility index (Phi) is 3.25. The van der Waals surface area contributed by atoms with Crippen LogP contribution in [0.1, 0.15) is 11.3 Å². The number of hydrogen-bond acceptors (Lipinski definition) is 3. The minimum Gasteiger partial charge on any atom is -0.373 e. The number of aryl methyl sites for hydroxylation is 1. The predicted octanol–water partition coefficient (Wildman–Crippen LogP) is 1.09. The molecule has 0 aromatic carbocycles. The second-order valence-electron chi connectivity index (χ2n) is 3.25. The molecule has 0 amide bonds. The number of nitrogens with zero attached hydrogens (tertiary/aromatic N) is 2. The molecule has 0 aliphatic carbocycles. The van der Waals surface area contributed by atoms with Crippen LogP contribution in [0.25, 0.3) is 0 Å². The third-order valence-corrected chi connectivity index (χ3v) is 2.30. The standard InChI is InChI=1S/C10H17N3/c1-8-9(2)12-6-4-10(8)13(3)7-5-11/h4,6H,5,7,11H2,1-3H3. The van der Waals surface area contributed by atoms with E-state index in [0.717, 1.165) is 12.2 Å². The van der Waals surface area contributed by atoms with Gasteiger partial charge in [-0.1, -0.05) is 0 Å². The van der Waals surface area contributed by atoms with Gasteiger partial charge in [-0.15, -0.1) is 0 Å². The molecule has 0 spiro atoms. The van der Waals surface area contributed by atoms with Gasteiger partial charge in [0.2, 0.25) is 0 Å². The van der Waals surface area contributed by atoms with Crippen molar-refractivity contribution >= 4 is 5.69 Å². The summed E-state index contributed by atoms with van der Waals surface area (Å²) in [6.07, 6.45) is 1.84. The summed E-state index contributed by atoms with van der Waals surface area (Å²) in [6.45, 7) is 5.67. The molecule has 72 valence electrons. The summed E-state index contributed by atoms with van der Waals surface area (Å²) in [5.74, 6) is 0. The maximum atomic E-state index is 5.50. The van der Waals surface area contributed by atoms with Crippen LogP contribution in [0.3, 0.4) is 0 Å². The number of likely N-dealkylation sites (N-methyl/N-ethyl adjacent to an activating group) is 1. The van der Waals surface area contributed by atoms with Gasteiger partial charge in [0.05, 0.1) is 0 Å². The first-order valence-corrected chi connectivity index (χ1v) is 4.50. The molecule has 3 heteroatoms. The number of rotatable bonds is 3. The largest absolute Gasteiger partial charge is 0.373 e. The van der Waals surface area contributed by atoms with Crippen LogP contribution in [0.5, 0.6) is 0 Å². The predicted molar refractivity (Wildman–Crippen MR) is 56.0 cm³/mol. The van der Waals surface area contributed by atoms with E-state index in [9.17, 15) is 0 Å². The number of anilines is 1. The van der Waals surface area contributed by atoms with Crippen LogP contribution >= 0.6 is 0 Å². The minimum absolute atomic E-state index is 0.678. The Morgan fingerprint density at radius 2 is 2.15 bits per heavy atom. The van der Waals surface area contributed by atoms with Crippen molar-refractivity contribution in [1.82, 2.24) is 4.98 Å². The van der Waals surface area contributed by atoms with Crippen molar-refractivity contribution in [3.8, 4) is 0 Å². The van der Waals surface area contributed by atoms with E-state index >= 15 is 0 Å². The number of nitrogens with two attached hydrogens (primary N) is 1. The van der Waals surface area contributed by atoms with Gasteiger partial charge in [0.15, 0.2) is 0 Å². The highest BCUT2D eigenvalue weighted by molar-refractivity contribution is 5.53. The van der Waals surface area contributed by atoms with Gasteiger partial charge < -0.3 is 10.6 Å². The highest BCUT2D eigenvalue weighted by Crippen LogP contribution is 2.19. The average Bonchev–Trinajstić information content (AvgIpc) is 2.10. The molecule has 13 heavy (non-hydrogen) atoms. The molecule has 1 heterocycles. The third-order valence-electron chi connectivity index (χ3n) is 2.30. The van der Waals surface area contributed by atoms with E-state index in [1.165, 1.54) is 11.3 Å². The smallest absolute Gasteiger partial charge is 0.0427 e. The lowest BCUT2D eigenvalue weighted by molar-refractivity contribution is 0.877. The lowest BCUT2D eigenvalue weighted by Crippen LogP contribution is -2.25. The molecule has 2 N–H and O–H groups in total. The van der Waals surface area contributed by atoms with Gasteiger partial charge in [-0.2, -0.15) is 0 Å². The fourth-order valence-electron chi connectivity index (χ4n) is 1.35. The SMILES string of the molecule is Cc1nccc(N(C)CCN)c1C. The normalized spacial score (nSPS) is 10.2. The lowest BCUT2D eigenvalue weighted by atomic mass is 10.2. The van der Waals surface area contributed by atoms with E-state index in [2.05, 4.69) is 23.9 Å². The molecule has 0 aliphatic rings. The second-order valence-corrected chi connectivity index (χ2v) is 3.25. The van der Waals surface area contributed by atoms with Gasteiger partial charge in [-0.05, 0) is 25.5 Å². The molecular weight excluding hydrogens is 162 g/mol. The van der Waals surface area contributed by atoms with E-state index in [-0.39, 0.29) is 0 Å². The van der Waals surface area contributed by atoms with Crippen LogP contribution in [0.4, 0.5) is 5.69 Å². The topological polar surface area (TPSA) is 42.2 Å². The molecule has 0 radical (unpaired) electrons. The minimum atomic E-state index is 0.678. The monoisotopic (exact) mass is 179 g/mol. The highest BCUT2D eigenvalue weighted by atomic mass is 15.1. The van der Waals surface area contributed by atoms with Gasteiger partial charge in [0, 0.05) is 37.7 Å². The first kappa shape index (κ1) is 9.99. The van der Waals surface area contributed by atoms with Gasteiger partial charge in [0.25, 0.3) is 0 Å². The van der Waals surface area contributed by atoms with Crippen LogP contribution in [0.15, 0.2) is 12.3 Å². The summed E-state index contributed by atoms with van der Waals surface area (Å²) >= 11 is 0. The van der Waals surface area contributed by atoms with Crippen molar-refractivity contribution < 1.29 is 0 Å². The second kappa shape index (κ2) is 4.23. The number of aromatic nitrogens is 1. The van der Waals surface area contributed by atoms with Crippen molar-refractivity contribution in [2.75, 3.05) is 25.0 Å². The first-order chi connectivity index (χ1) is 6.16. The summed E-state index contributed by atoms with van der Waals surface area (Å²) in [4.78, 5) is 6.38. The zero-order chi connectivity index (χ0) is 9.84. The maximum Gasteiger partial charge on any atom is 0.0427 e. The summed E-state index contributed by atoms with van der Waals surface area (Å²) in [7, 11) is 2.05. The average molecular weight is 179 g/mol. The highest BCUT2D eigenvalue weighted by Gasteiger charge is 2.05. The maximum absolute atomic E-state index is 5.50. The molecule has 0 unspecified atom stereocenters. The Hall–Kier alpha value is -1.09. The zero-order valence-electron chi connectivity index (χ0n) is 8.54. The third kappa shape index (κ3) is 2.18. The Labute approximate surface area is 79.6 Å². The fourth-order valence-corrected chi connectivity index (χ4v) is 1.35. The van der Waals surface area contributed by atoms with Crippen LogP contribution < -0.4 is 10.6 Å². The van der Waals surface area contributed by atoms with E-state index in [1.54, 1.807) is 0 Å². The van der Waals surface area contributed by atoms with Crippen molar-refractivity contribution in [1.29, 1.82) is 0 Å². The summed E-state index contributed by atoms with van der Waals surface area (Å²) in [5.41, 5.74) is 9.04. The van der Waals surface area contributed by atoms with Gasteiger partial charge in [-0.25, -0.2) is 0 Å². The lowest BCUT2D eigenvalue weighted by Gasteiger charge is -2.20. The van der Waals surface area contributed by atoms with Gasteiger partial charge in [-0.3, -0.25) is 4.98 Å². The summed E-state index contributed by atoms with van der Waals surface area (Å²) < 4.78 is 0. The molecule has 1 rings (SSSR count). The summed E-state index contributed by atoms with van der Waals surface area (Å²) in [6, 6.07) is 2.03. The molecule has 3 nitrogen and oxygen atoms in total. The number of hydrogen-bond donors (Lipinski definition) is 1. The van der Waals surface area contributed by atoms with Crippen molar-refractivity contribution in [3.05, 3.63) is 23.5 Å². The summed E-state index contributed by atoms with van der Waals surface area (Å²) in [5, 5.41) is 0. The van der Waals surface area contributed by atoms with Gasteiger partial charge >= 0.3 is 0 Å². The van der Waals surface area contributed by atoms with Crippen LogP contribution in [-0.2, 0) is 0 Å². The molecule has 0 bridgehead atoms. The van der Waals surface area contributed by atoms with E-state index in [1.807, 2.05) is 19.2 Å². The molecule has 0 fully saturated rings. The molecule has 1 aromatic heterocycles. The fraction of sp³-hybridized carbons (Fsp3) is 0.500. The first-order valence-electron chi connectivity index (χ1n) is 4.50. The van der Waals surface area contributed by atoms with Crippen molar-refractivity contribution in [2.24, 2.45) is 5.73 Å². The van der Waals surface area contributed by atoms with Gasteiger partial charge in [0.1, 0.15) is 0 Å². The molecule has 0 saturated heterocycles. The van der Waals surface area contributed by atoms with E-state index in [0.29, 0.717) is 6.54 Å². The molecule has 1 aromatic rings.